The number of morpholine rings is 1. The van der Waals surface area contributed by atoms with Crippen molar-refractivity contribution < 1.29 is 19.4 Å². The third-order valence-corrected chi connectivity index (χ3v) is 3.94. The van der Waals surface area contributed by atoms with E-state index in [2.05, 4.69) is 5.32 Å². The van der Waals surface area contributed by atoms with Crippen molar-refractivity contribution in [2.24, 2.45) is 5.92 Å². The van der Waals surface area contributed by atoms with Gasteiger partial charge in [0, 0.05) is 19.1 Å². The topological polar surface area (TPSA) is 78.9 Å². The van der Waals surface area contributed by atoms with Crippen LogP contribution in [0.4, 0.5) is 4.79 Å². The molecule has 1 aliphatic heterocycles. The summed E-state index contributed by atoms with van der Waals surface area (Å²) < 4.78 is 5.20. The fourth-order valence-corrected chi connectivity index (χ4v) is 2.79. The number of amides is 2. The van der Waals surface area contributed by atoms with Gasteiger partial charge in [0.1, 0.15) is 0 Å². The summed E-state index contributed by atoms with van der Waals surface area (Å²) in [4.78, 5) is 25.1. The van der Waals surface area contributed by atoms with Gasteiger partial charge in [-0.15, -0.1) is 0 Å². The molecular formula is C13H22N2O4. The summed E-state index contributed by atoms with van der Waals surface area (Å²) in [5, 5.41) is 12.2. The van der Waals surface area contributed by atoms with Gasteiger partial charge in [-0.25, -0.2) is 4.79 Å². The van der Waals surface area contributed by atoms with Crippen LogP contribution in [0.15, 0.2) is 0 Å². The molecular weight excluding hydrogens is 248 g/mol. The van der Waals surface area contributed by atoms with Gasteiger partial charge in [-0.3, -0.25) is 4.79 Å². The maximum atomic E-state index is 12.1. The number of carboxylic acid groups (broad SMARTS) is 1. The normalized spacial score (nSPS) is 28.5. The summed E-state index contributed by atoms with van der Waals surface area (Å²) in [6.45, 7) is 2.27. The lowest BCUT2D eigenvalue weighted by Crippen LogP contribution is -2.51. The highest BCUT2D eigenvalue weighted by molar-refractivity contribution is 5.77. The summed E-state index contributed by atoms with van der Waals surface area (Å²) in [6, 6.07) is -0.392. The van der Waals surface area contributed by atoms with Crippen molar-refractivity contribution in [2.45, 2.75) is 38.1 Å². The minimum absolute atomic E-state index is 0.151. The van der Waals surface area contributed by atoms with Crippen LogP contribution in [0.5, 0.6) is 0 Å². The molecule has 19 heavy (non-hydrogen) atoms. The number of hydrogen-bond acceptors (Lipinski definition) is 3. The number of carboxylic acids is 1. The summed E-state index contributed by atoms with van der Waals surface area (Å²) in [5.74, 6) is -1.25. The van der Waals surface area contributed by atoms with E-state index in [0.717, 1.165) is 25.7 Å². The third-order valence-electron chi connectivity index (χ3n) is 3.94. The minimum Gasteiger partial charge on any atom is -0.481 e. The Morgan fingerprint density at radius 3 is 2.47 bits per heavy atom. The second kappa shape index (κ2) is 6.75. The number of nitrogens with one attached hydrogen (secondary N) is 1. The first kappa shape index (κ1) is 14.1. The SMILES string of the molecule is O=C(O)C1CCCCCC1NC(=O)N1CCOCC1. The van der Waals surface area contributed by atoms with Crippen LogP contribution in [0, 0.1) is 5.92 Å². The van der Waals surface area contributed by atoms with Crippen molar-refractivity contribution in [3.05, 3.63) is 0 Å². The fraction of sp³-hybridized carbons (Fsp3) is 0.846. The monoisotopic (exact) mass is 270 g/mol. The quantitative estimate of drug-likeness (QED) is 0.735. The van der Waals surface area contributed by atoms with Gasteiger partial charge in [-0.2, -0.15) is 0 Å². The highest BCUT2D eigenvalue weighted by Gasteiger charge is 2.31. The zero-order valence-electron chi connectivity index (χ0n) is 11.1. The molecule has 0 aromatic carbocycles. The second-order valence-electron chi connectivity index (χ2n) is 5.24. The van der Waals surface area contributed by atoms with E-state index in [4.69, 9.17) is 4.74 Å². The van der Waals surface area contributed by atoms with E-state index < -0.39 is 11.9 Å². The maximum absolute atomic E-state index is 12.1. The number of urea groups is 1. The molecule has 0 aromatic rings. The van der Waals surface area contributed by atoms with E-state index in [1.54, 1.807) is 4.90 Å². The standard InChI is InChI=1S/C13H22N2O4/c16-12(17)10-4-2-1-3-5-11(10)14-13(18)15-6-8-19-9-7-15/h10-11H,1-9H2,(H,14,18)(H,16,17). The van der Waals surface area contributed by atoms with Gasteiger partial charge in [0.15, 0.2) is 0 Å². The number of nitrogens with zero attached hydrogens (tertiary/aromatic N) is 1. The van der Waals surface area contributed by atoms with Gasteiger partial charge in [0.05, 0.1) is 19.1 Å². The van der Waals surface area contributed by atoms with Crippen molar-refractivity contribution in [2.75, 3.05) is 26.3 Å². The molecule has 2 aliphatic rings. The van der Waals surface area contributed by atoms with Crippen molar-refractivity contribution >= 4 is 12.0 Å². The van der Waals surface area contributed by atoms with Crippen LogP contribution in [0.2, 0.25) is 0 Å². The first-order chi connectivity index (χ1) is 9.18. The lowest BCUT2D eigenvalue weighted by Gasteiger charge is -2.30. The van der Waals surface area contributed by atoms with Gasteiger partial charge in [0.25, 0.3) is 0 Å². The van der Waals surface area contributed by atoms with Crippen molar-refractivity contribution in [1.82, 2.24) is 10.2 Å². The van der Waals surface area contributed by atoms with Crippen LogP contribution in [-0.2, 0) is 9.53 Å². The largest absolute Gasteiger partial charge is 0.481 e. The van der Waals surface area contributed by atoms with Gasteiger partial charge < -0.3 is 20.1 Å². The average molecular weight is 270 g/mol. The minimum atomic E-state index is -0.797. The summed E-state index contributed by atoms with van der Waals surface area (Å²) in [7, 11) is 0. The van der Waals surface area contributed by atoms with Crippen molar-refractivity contribution in [1.29, 1.82) is 0 Å². The number of aliphatic carboxylic acids is 1. The Balaban J connectivity index is 1.93. The molecule has 0 aromatic heterocycles. The Morgan fingerprint density at radius 1 is 1.11 bits per heavy atom. The summed E-state index contributed by atoms with van der Waals surface area (Å²) in [6.07, 6.45) is 4.38. The predicted octanol–water partition coefficient (Wildman–Crippen LogP) is 1.06. The lowest BCUT2D eigenvalue weighted by molar-refractivity contribution is -0.142. The number of carbonyl (C=O) groups excluding carboxylic acids is 1. The summed E-state index contributed by atoms with van der Waals surface area (Å²) >= 11 is 0. The first-order valence-corrected chi connectivity index (χ1v) is 7.04. The Bertz CT molecular complexity index is 329. The van der Waals surface area contributed by atoms with E-state index in [1.807, 2.05) is 0 Å². The van der Waals surface area contributed by atoms with Crippen molar-refractivity contribution in [3.63, 3.8) is 0 Å². The van der Waals surface area contributed by atoms with Gasteiger partial charge in [-0.1, -0.05) is 19.3 Å². The van der Waals surface area contributed by atoms with Crippen LogP contribution < -0.4 is 5.32 Å². The molecule has 1 saturated carbocycles. The Labute approximate surface area is 113 Å². The molecule has 6 nitrogen and oxygen atoms in total. The highest BCUT2D eigenvalue weighted by Crippen LogP contribution is 2.24. The fourth-order valence-electron chi connectivity index (χ4n) is 2.79. The van der Waals surface area contributed by atoms with E-state index in [-0.39, 0.29) is 12.1 Å². The number of rotatable bonds is 2. The molecule has 108 valence electrons. The molecule has 2 N–H and O–H groups in total. The number of ether oxygens (including phenoxy) is 1. The number of hydrogen-bond donors (Lipinski definition) is 2. The molecule has 0 spiro atoms. The van der Waals surface area contributed by atoms with Crippen LogP contribution in [0.25, 0.3) is 0 Å². The molecule has 0 bridgehead atoms. The Kier molecular flexibility index (Phi) is 5.01. The molecule has 6 heteroatoms. The van der Waals surface area contributed by atoms with Gasteiger partial charge >= 0.3 is 12.0 Å². The average Bonchev–Trinajstić information content (AvgIpc) is 2.65. The highest BCUT2D eigenvalue weighted by atomic mass is 16.5. The molecule has 2 atom stereocenters. The Morgan fingerprint density at radius 2 is 1.79 bits per heavy atom. The molecule has 2 fully saturated rings. The van der Waals surface area contributed by atoms with Crippen molar-refractivity contribution in [3.8, 4) is 0 Å². The molecule has 1 saturated heterocycles. The first-order valence-electron chi connectivity index (χ1n) is 7.04. The third kappa shape index (κ3) is 3.83. The second-order valence-corrected chi connectivity index (χ2v) is 5.24. The Hall–Kier alpha value is -1.30. The smallest absolute Gasteiger partial charge is 0.317 e. The predicted molar refractivity (Wildman–Crippen MR) is 68.9 cm³/mol. The number of carbonyl (C=O) groups is 2. The zero-order valence-corrected chi connectivity index (χ0v) is 11.1. The van der Waals surface area contributed by atoms with E-state index in [0.29, 0.717) is 32.7 Å². The molecule has 0 radical (unpaired) electrons. The molecule has 2 rings (SSSR count). The van der Waals surface area contributed by atoms with Crippen LogP contribution in [0.3, 0.4) is 0 Å². The lowest BCUT2D eigenvalue weighted by atomic mass is 9.95. The molecule has 2 unspecified atom stereocenters. The molecule has 1 aliphatic carbocycles. The van der Waals surface area contributed by atoms with Gasteiger partial charge in [0.2, 0.25) is 0 Å². The van der Waals surface area contributed by atoms with Gasteiger partial charge in [-0.05, 0) is 12.8 Å². The van der Waals surface area contributed by atoms with E-state index >= 15 is 0 Å². The maximum Gasteiger partial charge on any atom is 0.317 e. The zero-order chi connectivity index (χ0) is 13.7. The van der Waals surface area contributed by atoms with Crippen LogP contribution in [-0.4, -0.2) is 54.4 Å². The van der Waals surface area contributed by atoms with Crippen LogP contribution in [0.1, 0.15) is 32.1 Å². The van der Waals surface area contributed by atoms with Crippen LogP contribution >= 0.6 is 0 Å². The van der Waals surface area contributed by atoms with E-state index in [1.165, 1.54) is 0 Å². The van der Waals surface area contributed by atoms with E-state index in [9.17, 15) is 14.7 Å². The summed E-state index contributed by atoms with van der Waals surface area (Å²) in [5.41, 5.74) is 0. The molecule has 1 heterocycles. The molecule has 2 amide bonds.